The molecular formula is C11H19N3O3S. The minimum absolute atomic E-state index is 0.187. The van der Waals surface area contributed by atoms with Gasteiger partial charge >= 0.3 is 0 Å². The van der Waals surface area contributed by atoms with Crippen LogP contribution in [-0.4, -0.2) is 48.7 Å². The quantitative estimate of drug-likeness (QED) is 0.884. The molecule has 0 saturated carbocycles. The number of aromatic amines is 1. The Morgan fingerprint density at radius 1 is 1.50 bits per heavy atom. The van der Waals surface area contributed by atoms with E-state index in [2.05, 4.69) is 10.2 Å². The number of hydrogen-bond acceptors (Lipinski definition) is 4. The number of piperidine rings is 1. The minimum atomic E-state index is -3.40. The Kier molecular flexibility index (Phi) is 4.04. The SMILES string of the molecule is CCOC1CCN(S(=O)(=O)c2cn[nH]c2C)CC1. The van der Waals surface area contributed by atoms with Gasteiger partial charge in [0.05, 0.1) is 18.0 Å². The zero-order valence-electron chi connectivity index (χ0n) is 10.7. The van der Waals surface area contributed by atoms with Crippen molar-refractivity contribution in [3.8, 4) is 0 Å². The van der Waals surface area contributed by atoms with Gasteiger partial charge in [-0.1, -0.05) is 0 Å². The molecule has 0 radical (unpaired) electrons. The number of H-pyrrole nitrogens is 1. The van der Waals surface area contributed by atoms with Crippen molar-refractivity contribution >= 4 is 10.0 Å². The number of nitrogens with zero attached hydrogens (tertiary/aromatic N) is 2. The van der Waals surface area contributed by atoms with Crippen LogP contribution in [0.25, 0.3) is 0 Å². The molecule has 1 aromatic rings. The van der Waals surface area contributed by atoms with Crippen molar-refractivity contribution in [2.75, 3.05) is 19.7 Å². The molecule has 1 fully saturated rings. The third-order valence-electron chi connectivity index (χ3n) is 3.20. The third kappa shape index (κ3) is 2.57. The van der Waals surface area contributed by atoms with Crippen LogP contribution >= 0.6 is 0 Å². The molecule has 6 nitrogen and oxygen atoms in total. The molecule has 1 aliphatic heterocycles. The predicted octanol–water partition coefficient (Wildman–Crippen LogP) is 0.908. The van der Waals surface area contributed by atoms with Crippen molar-refractivity contribution in [1.82, 2.24) is 14.5 Å². The molecule has 1 saturated heterocycles. The van der Waals surface area contributed by atoms with Crippen LogP contribution in [0.2, 0.25) is 0 Å². The molecule has 0 aliphatic carbocycles. The van der Waals surface area contributed by atoms with Crippen LogP contribution in [0.15, 0.2) is 11.1 Å². The maximum atomic E-state index is 12.4. The van der Waals surface area contributed by atoms with E-state index in [-0.39, 0.29) is 11.0 Å². The van der Waals surface area contributed by atoms with Crippen molar-refractivity contribution in [1.29, 1.82) is 0 Å². The van der Waals surface area contributed by atoms with E-state index in [9.17, 15) is 8.42 Å². The van der Waals surface area contributed by atoms with Gasteiger partial charge in [0.2, 0.25) is 10.0 Å². The summed E-state index contributed by atoms with van der Waals surface area (Å²) in [7, 11) is -3.40. The van der Waals surface area contributed by atoms with Gasteiger partial charge in [0.25, 0.3) is 0 Å². The van der Waals surface area contributed by atoms with Gasteiger partial charge < -0.3 is 4.74 Å². The summed E-state index contributed by atoms with van der Waals surface area (Å²) in [5.74, 6) is 0. The van der Waals surface area contributed by atoms with Crippen molar-refractivity contribution in [3.63, 3.8) is 0 Å². The first kappa shape index (κ1) is 13.5. The van der Waals surface area contributed by atoms with Gasteiger partial charge in [-0.3, -0.25) is 5.10 Å². The Hall–Kier alpha value is -0.920. The summed E-state index contributed by atoms with van der Waals surface area (Å²) < 4.78 is 31.8. The molecule has 1 N–H and O–H groups in total. The van der Waals surface area contributed by atoms with Gasteiger partial charge in [-0.15, -0.1) is 0 Å². The lowest BCUT2D eigenvalue weighted by atomic mass is 10.1. The van der Waals surface area contributed by atoms with E-state index in [1.54, 1.807) is 6.92 Å². The topological polar surface area (TPSA) is 75.3 Å². The standard InChI is InChI=1S/C11H19N3O3S/c1-3-17-10-4-6-14(7-5-10)18(15,16)11-8-12-13-9(11)2/h8,10H,3-7H2,1-2H3,(H,12,13). The highest BCUT2D eigenvalue weighted by atomic mass is 32.2. The highest BCUT2D eigenvalue weighted by Crippen LogP contribution is 2.22. The lowest BCUT2D eigenvalue weighted by Gasteiger charge is -2.30. The van der Waals surface area contributed by atoms with E-state index in [1.165, 1.54) is 10.5 Å². The maximum Gasteiger partial charge on any atom is 0.246 e. The molecule has 102 valence electrons. The van der Waals surface area contributed by atoms with E-state index >= 15 is 0 Å². The Morgan fingerprint density at radius 3 is 2.67 bits per heavy atom. The number of rotatable bonds is 4. The van der Waals surface area contributed by atoms with Crippen LogP contribution in [0.5, 0.6) is 0 Å². The molecule has 7 heteroatoms. The molecule has 0 atom stereocenters. The molecule has 0 bridgehead atoms. The van der Waals surface area contributed by atoms with Crippen molar-refractivity contribution < 1.29 is 13.2 Å². The summed E-state index contributed by atoms with van der Waals surface area (Å²) in [6, 6.07) is 0. The Morgan fingerprint density at radius 2 is 2.17 bits per heavy atom. The molecule has 18 heavy (non-hydrogen) atoms. The van der Waals surface area contributed by atoms with Crippen molar-refractivity contribution in [2.24, 2.45) is 0 Å². The number of sulfonamides is 1. The number of aromatic nitrogens is 2. The minimum Gasteiger partial charge on any atom is -0.378 e. The lowest BCUT2D eigenvalue weighted by Crippen LogP contribution is -2.40. The number of hydrogen-bond donors (Lipinski definition) is 1. The number of aryl methyl sites for hydroxylation is 1. The predicted molar refractivity (Wildman–Crippen MR) is 66.7 cm³/mol. The fraction of sp³-hybridized carbons (Fsp3) is 0.727. The molecular weight excluding hydrogens is 254 g/mol. The summed E-state index contributed by atoms with van der Waals surface area (Å²) in [6.45, 7) is 5.37. The van der Waals surface area contributed by atoms with Crippen LogP contribution < -0.4 is 0 Å². The Balaban J connectivity index is 2.08. The van der Waals surface area contributed by atoms with Gasteiger partial charge in [0.1, 0.15) is 4.90 Å². The summed E-state index contributed by atoms with van der Waals surface area (Å²) in [5, 5.41) is 6.43. The lowest BCUT2D eigenvalue weighted by molar-refractivity contribution is 0.0290. The summed E-state index contributed by atoms with van der Waals surface area (Å²) in [5.41, 5.74) is 0.585. The van der Waals surface area contributed by atoms with E-state index in [0.717, 1.165) is 12.8 Å². The number of ether oxygens (including phenoxy) is 1. The maximum absolute atomic E-state index is 12.4. The van der Waals surface area contributed by atoms with Crippen molar-refractivity contribution in [3.05, 3.63) is 11.9 Å². The van der Waals surface area contributed by atoms with E-state index in [4.69, 9.17) is 4.74 Å². The fourth-order valence-corrected chi connectivity index (χ4v) is 3.80. The normalized spacial score (nSPS) is 19.2. The Bertz CT molecular complexity index is 489. The second kappa shape index (κ2) is 5.38. The van der Waals surface area contributed by atoms with Gasteiger partial charge in [0, 0.05) is 19.7 Å². The van der Waals surface area contributed by atoms with Crippen molar-refractivity contribution in [2.45, 2.75) is 37.7 Å². The van der Waals surface area contributed by atoms with E-state index in [1.807, 2.05) is 6.92 Å². The molecule has 0 unspecified atom stereocenters. The molecule has 0 amide bonds. The van der Waals surface area contributed by atoms with Crippen LogP contribution in [0, 0.1) is 6.92 Å². The number of nitrogens with one attached hydrogen (secondary N) is 1. The second-order valence-electron chi connectivity index (χ2n) is 4.42. The molecule has 1 aliphatic rings. The fourth-order valence-electron chi connectivity index (χ4n) is 2.21. The van der Waals surface area contributed by atoms with Crippen LogP contribution in [0.3, 0.4) is 0 Å². The highest BCUT2D eigenvalue weighted by molar-refractivity contribution is 7.89. The largest absolute Gasteiger partial charge is 0.378 e. The van der Waals surface area contributed by atoms with E-state index in [0.29, 0.717) is 25.4 Å². The smallest absolute Gasteiger partial charge is 0.246 e. The summed E-state index contributed by atoms with van der Waals surface area (Å²) in [6.07, 6.45) is 3.07. The molecule has 2 rings (SSSR count). The highest BCUT2D eigenvalue weighted by Gasteiger charge is 2.31. The molecule has 2 heterocycles. The summed E-state index contributed by atoms with van der Waals surface area (Å²) in [4.78, 5) is 0.275. The molecule has 0 aromatic carbocycles. The van der Waals surface area contributed by atoms with Crippen LogP contribution in [0.4, 0.5) is 0 Å². The van der Waals surface area contributed by atoms with Crippen LogP contribution in [0.1, 0.15) is 25.5 Å². The van der Waals surface area contributed by atoms with E-state index < -0.39 is 10.0 Å². The molecule has 1 aromatic heterocycles. The van der Waals surface area contributed by atoms with Gasteiger partial charge in [0.15, 0.2) is 0 Å². The van der Waals surface area contributed by atoms with Crippen LogP contribution in [-0.2, 0) is 14.8 Å². The first-order chi connectivity index (χ1) is 8.55. The molecule has 0 spiro atoms. The third-order valence-corrected chi connectivity index (χ3v) is 5.22. The average molecular weight is 273 g/mol. The zero-order valence-corrected chi connectivity index (χ0v) is 11.5. The van der Waals surface area contributed by atoms with Gasteiger partial charge in [-0.2, -0.15) is 9.40 Å². The van der Waals surface area contributed by atoms with Gasteiger partial charge in [-0.25, -0.2) is 8.42 Å². The Labute approximate surface area is 107 Å². The first-order valence-corrected chi connectivity index (χ1v) is 7.61. The first-order valence-electron chi connectivity index (χ1n) is 6.17. The van der Waals surface area contributed by atoms with Gasteiger partial charge in [-0.05, 0) is 26.7 Å². The second-order valence-corrected chi connectivity index (χ2v) is 6.32. The monoisotopic (exact) mass is 273 g/mol. The zero-order chi connectivity index (χ0) is 13.2. The average Bonchev–Trinajstić information content (AvgIpc) is 2.77. The summed E-state index contributed by atoms with van der Waals surface area (Å²) >= 11 is 0.